The fourth-order valence-corrected chi connectivity index (χ4v) is 4.11. The Morgan fingerprint density at radius 2 is 1.02 bits per heavy atom. The van der Waals surface area contributed by atoms with E-state index in [2.05, 4.69) is 46.5 Å². The molecule has 1 N–H and O–H groups in total. The second-order valence-electron chi connectivity index (χ2n) is 11.4. The minimum atomic E-state index is -0.737. The van der Waals surface area contributed by atoms with Crippen molar-refractivity contribution < 1.29 is 38.6 Å². The summed E-state index contributed by atoms with van der Waals surface area (Å²) in [5.74, 6) is 7.59. The van der Waals surface area contributed by atoms with Crippen LogP contribution in [-0.4, -0.2) is 89.0 Å². The predicted molar refractivity (Wildman–Crippen MR) is 159 cm³/mol. The number of ether oxygens (including phenoxy) is 5. The number of aliphatic hydroxyl groups is 1. The lowest BCUT2D eigenvalue weighted by Gasteiger charge is -2.29. The first-order valence-electron chi connectivity index (χ1n) is 15.3. The quantitative estimate of drug-likeness (QED) is 0.0555. The van der Waals surface area contributed by atoms with E-state index in [0.717, 1.165) is 38.5 Å². The molecule has 0 aliphatic heterocycles. The minimum Gasteiger partial charge on any atom is -0.396 e. The average molecular weight is 573 g/mol. The van der Waals surface area contributed by atoms with Crippen LogP contribution in [0.3, 0.4) is 0 Å². The van der Waals surface area contributed by atoms with Gasteiger partial charge in [-0.2, -0.15) is 0 Å². The standard InChI is InChI=1S/C32H60O8/c1-8-17-34-19-10-21-37-24-13-26-39-40-32(7,28-30(4)5)15-14-31(6,27-29(2)3)38-25-12-23-36-22-11-20-35-18-9-16-33/h1,29-30,33H,8-13,16-28H2,2-7H3. The van der Waals surface area contributed by atoms with E-state index in [-0.39, 0.29) is 6.61 Å². The third-order valence-electron chi connectivity index (χ3n) is 5.66. The Morgan fingerprint density at radius 3 is 1.52 bits per heavy atom. The smallest absolute Gasteiger partial charge is 0.161 e. The van der Waals surface area contributed by atoms with Gasteiger partial charge in [-0.15, -0.1) is 0 Å². The molecule has 0 aromatic carbocycles. The molecule has 8 heteroatoms. The van der Waals surface area contributed by atoms with Gasteiger partial charge < -0.3 is 28.8 Å². The molecular weight excluding hydrogens is 512 g/mol. The fraction of sp³-hybridized carbons (Fsp3) is 0.906. The van der Waals surface area contributed by atoms with Gasteiger partial charge in [-0.25, -0.2) is 9.78 Å². The van der Waals surface area contributed by atoms with E-state index in [1.54, 1.807) is 0 Å². The fourth-order valence-electron chi connectivity index (χ4n) is 4.11. The monoisotopic (exact) mass is 572 g/mol. The molecule has 0 fully saturated rings. The van der Waals surface area contributed by atoms with Gasteiger partial charge in [0.2, 0.25) is 0 Å². The molecule has 0 saturated carbocycles. The molecule has 8 nitrogen and oxygen atoms in total. The van der Waals surface area contributed by atoms with Crippen molar-refractivity contribution in [3.63, 3.8) is 0 Å². The summed E-state index contributed by atoms with van der Waals surface area (Å²) < 4.78 is 28.4. The zero-order valence-corrected chi connectivity index (χ0v) is 26.5. The van der Waals surface area contributed by atoms with E-state index in [1.165, 1.54) is 0 Å². The summed E-state index contributed by atoms with van der Waals surface area (Å²) in [6.07, 6.45) is 6.02. The van der Waals surface area contributed by atoms with E-state index >= 15 is 0 Å². The van der Waals surface area contributed by atoms with Crippen LogP contribution in [0, 0.1) is 30.6 Å². The molecule has 0 aromatic rings. The van der Waals surface area contributed by atoms with Crippen LogP contribution in [-0.2, 0) is 33.5 Å². The van der Waals surface area contributed by atoms with E-state index in [9.17, 15) is 0 Å². The van der Waals surface area contributed by atoms with Gasteiger partial charge in [0.25, 0.3) is 0 Å². The molecule has 2 unspecified atom stereocenters. The zero-order chi connectivity index (χ0) is 30.0. The third kappa shape index (κ3) is 25.0. The first kappa shape index (κ1) is 39.2. The number of rotatable bonds is 28. The van der Waals surface area contributed by atoms with Crippen molar-refractivity contribution in [2.24, 2.45) is 11.8 Å². The van der Waals surface area contributed by atoms with Gasteiger partial charge in [-0.3, -0.25) is 0 Å². The van der Waals surface area contributed by atoms with Gasteiger partial charge in [0, 0.05) is 59.5 Å². The third-order valence-corrected chi connectivity index (χ3v) is 5.66. The SMILES string of the molecule is [CH]CCOCCCOCCCOOC(C)(C#CC(C)(CC(C)C)OCCCOCCCOCCCO)CC(C)C. The van der Waals surface area contributed by atoms with Crippen molar-refractivity contribution in [2.45, 2.75) is 104 Å². The molecule has 0 aromatic heterocycles. The van der Waals surface area contributed by atoms with E-state index in [4.69, 9.17) is 45.5 Å². The lowest BCUT2D eigenvalue weighted by atomic mass is 9.90. The Bertz CT molecular complexity index is 568. The molecule has 0 saturated heterocycles. The molecule has 0 bridgehead atoms. The molecule has 0 heterocycles. The summed E-state index contributed by atoms with van der Waals surface area (Å²) in [6, 6.07) is 0. The Kier molecular flexibility index (Phi) is 25.4. The second-order valence-corrected chi connectivity index (χ2v) is 11.4. The summed E-state index contributed by atoms with van der Waals surface area (Å²) in [5.41, 5.74) is -1.32. The van der Waals surface area contributed by atoms with Crippen molar-refractivity contribution in [2.75, 3.05) is 72.7 Å². The molecule has 236 valence electrons. The summed E-state index contributed by atoms with van der Waals surface area (Å²) in [5, 5.41) is 8.75. The van der Waals surface area contributed by atoms with Gasteiger partial charge in [0.1, 0.15) is 5.60 Å². The van der Waals surface area contributed by atoms with Gasteiger partial charge in [-0.1, -0.05) is 39.5 Å². The Balaban J connectivity index is 4.56. The van der Waals surface area contributed by atoms with Gasteiger partial charge in [0.15, 0.2) is 5.60 Å². The lowest BCUT2D eigenvalue weighted by Crippen LogP contribution is -2.33. The summed E-state index contributed by atoms with van der Waals surface area (Å²) in [6.45, 7) is 24.3. The highest BCUT2D eigenvalue weighted by molar-refractivity contribution is 5.20. The van der Waals surface area contributed by atoms with Crippen molar-refractivity contribution in [3.8, 4) is 11.8 Å². The van der Waals surface area contributed by atoms with Gasteiger partial charge in [0.05, 0.1) is 13.2 Å². The Labute approximate surface area is 246 Å². The van der Waals surface area contributed by atoms with Crippen LogP contribution in [0.15, 0.2) is 0 Å². The van der Waals surface area contributed by atoms with Crippen molar-refractivity contribution >= 4 is 0 Å². The maximum absolute atomic E-state index is 8.75. The summed E-state index contributed by atoms with van der Waals surface area (Å²) >= 11 is 0. The van der Waals surface area contributed by atoms with Crippen molar-refractivity contribution in [1.82, 2.24) is 0 Å². The van der Waals surface area contributed by atoms with E-state index in [0.29, 0.717) is 90.7 Å². The van der Waals surface area contributed by atoms with Gasteiger partial charge >= 0.3 is 0 Å². The first-order valence-corrected chi connectivity index (χ1v) is 15.3. The Hall–Kier alpha value is -0.760. The lowest BCUT2D eigenvalue weighted by molar-refractivity contribution is -0.345. The van der Waals surface area contributed by atoms with Crippen LogP contribution >= 0.6 is 0 Å². The summed E-state index contributed by atoms with van der Waals surface area (Å²) in [4.78, 5) is 11.4. The molecule has 2 atom stereocenters. The molecule has 0 aliphatic carbocycles. The Morgan fingerprint density at radius 1 is 0.600 bits per heavy atom. The van der Waals surface area contributed by atoms with E-state index < -0.39 is 11.2 Å². The highest BCUT2D eigenvalue weighted by atomic mass is 17.2. The van der Waals surface area contributed by atoms with Crippen LogP contribution in [0.4, 0.5) is 0 Å². The zero-order valence-electron chi connectivity index (χ0n) is 26.5. The predicted octanol–water partition coefficient (Wildman–Crippen LogP) is 5.67. The van der Waals surface area contributed by atoms with Crippen LogP contribution < -0.4 is 0 Å². The normalized spacial score (nSPS) is 14.8. The first-order chi connectivity index (χ1) is 19.2. The highest BCUT2D eigenvalue weighted by Crippen LogP contribution is 2.25. The van der Waals surface area contributed by atoms with Crippen LogP contribution in [0.1, 0.15) is 92.9 Å². The van der Waals surface area contributed by atoms with Crippen molar-refractivity contribution in [3.05, 3.63) is 6.92 Å². The number of hydrogen-bond acceptors (Lipinski definition) is 8. The molecule has 0 rings (SSSR count). The van der Waals surface area contributed by atoms with Crippen LogP contribution in [0.25, 0.3) is 0 Å². The summed E-state index contributed by atoms with van der Waals surface area (Å²) in [7, 11) is 0. The molecule has 2 radical (unpaired) electrons. The second kappa shape index (κ2) is 25.9. The van der Waals surface area contributed by atoms with Crippen molar-refractivity contribution in [1.29, 1.82) is 0 Å². The molecule has 0 aliphatic rings. The van der Waals surface area contributed by atoms with Crippen LogP contribution in [0.5, 0.6) is 0 Å². The highest BCUT2D eigenvalue weighted by Gasteiger charge is 2.29. The molecular formula is C32H60O8. The molecule has 40 heavy (non-hydrogen) atoms. The maximum atomic E-state index is 8.75. The minimum absolute atomic E-state index is 0.165. The van der Waals surface area contributed by atoms with Gasteiger partial charge in [-0.05, 0) is 84.0 Å². The average Bonchev–Trinajstić information content (AvgIpc) is 2.88. The molecule has 0 amide bonds. The maximum Gasteiger partial charge on any atom is 0.161 e. The number of hydrogen-bond donors (Lipinski definition) is 1. The topological polar surface area (TPSA) is 84.8 Å². The number of aliphatic hydroxyl groups excluding tert-OH is 1. The van der Waals surface area contributed by atoms with Crippen LogP contribution in [0.2, 0.25) is 0 Å². The largest absolute Gasteiger partial charge is 0.396 e. The van der Waals surface area contributed by atoms with E-state index in [1.807, 2.05) is 6.92 Å². The molecule has 0 spiro atoms.